The molecular weight excluding hydrogens is 280 g/mol. The summed E-state index contributed by atoms with van der Waals surface area (Å²) in [6.45, 7) is 1.86. The predicted molar refractivity (Wildman–Crippen MR) is 62.1 cm³/mol. The van der Waals surface area contributed by atoms with Crippen LogP contribution in [0.1, 0.15) is 12.5 Å². The summed E-state index contributed by atoms with van der Waals surface area (Å²) in [5.74, 6) is -1.16. The van der Waals surface area contributed by atoms with E-state index in [0.717, 1.165) is 0 Å². The smallest absolute Gasteiger partial charge is 0.144 e. The van der Waals surface area contributed by atoms with Crippen LogP contribution >= 0.6 is 15.9 Å². The lowest BCUT2D eigenvalue weighted by Crippen LogP contribution is -2.32. The number of aliphatic hydroxyl groups is 1. The first-order valence-corrected chi connectivity index (χ1v) is 5.70. The predicted octanol–water partition coefficient (Wildman–Crippen LogP) is 2.54. The molecule has 5 heteroatoms. The van der Waals surface area contributed by atoms with Gasteiger partial charge in [-0.1, -0.05) is 0 Å². The van der Waals surface area contributed by atoms with E-state index in [2.05, 4.69) is 15.9 Å². The molecule has 1 aromatic carbocycles. The third-order valence-electron chi connectivity index (χ3n) is 2.56. The standard InChI is InChI=1S/C11H14BrF2NO/c1-7(6-16)15(2)5-8-10(13)4-3-9(12)11(8)14/h3-4,7,16H,5-6H2,1-2H3. The molecule has 0 amide bonds. The summed E-state index contributed by atoms with van der Waals surface area (Å²) in [7, 11) is 1.71. The zero-order valence-electron chi connectivity index (χ0n) is 9.17. The van der Waals surface area contributed by atoms with E-state index in [1.165, 1.54) is 12.1 Å². The summed E-state index contributed by atoms with van der Waals surface area (Å²) < 4.78 is 27.3. The van der Waals surface area contributed by atoms with Crippen LogP contribution in [-0.2, 0) is 6.54 Å². The first-order valence-electron chi connectivity index (χ1n) is 4.90. The minimum Gasteiger partial charge on any atom is -0.395 e. The first-order chi connectivity index (χ1) is 7.47. The van der Waals surface area contributed by atoms with Crippen LogP contribution in [0.4, 0.5) is 8.78 Å². The molecule has 0 bridgehead atoms. The van der Waals surface area contributed by atoms with Crippen molar-refractivity contribution >= 4 is 15.9 Å². The second kappa shape index (κ2) is 5.70. The fraction of sp³-hybridized carbons (Fsp3) is 0.455. The molecule has 2 nitrogen and oxygen atoms in total. The van der Waals surface area contributed by atoms with Gasteiger partial charge in [0.15, 0.2) is 0 Å². The van der Waals surface area contributed by atoms with Gasteiger partial charge in [-0.15, -0.1) is 0 Å². The van der Waals surface area contributed by atoms with Gasteiger partial charge >= 0.3 is 0 Å². The molecular formula is C11H14BrF2NO. The molecule has 1 aromatic rings. The number of hydrogen-bond donors (Lipinski definition) is 1. The quantitative estimate of drug-likeness (QED) is 0.863. The number of hydrogen-bond acceptors (Lipinski definition) is 2. The molecule has 1 unspecified atom stereocenters. The van der Waals surface area contributed by atoms with Crippen LogP contribution in [0, 0.1) is 11.6 Å². The average Bonchev–Trinajstić information content (AvgIpc) is 2.28. The van der Waals surface area contributed by atoms with E-state index in [1.807, 2.05) is 0 Å². The number of benzene rings is 1. The molecule has 0 saturated carbocycles. The fourth-order valence-electron chi connectivity index (χ4n) is 1.26. The van der Waals surface area contributed by atoms with Gasteiger partial charge < -0.3 is 5.11 Å². The lowest BCUT2D eigenvalue weighted by Gasteiger charge is -2.23. The van der Waals surface area contributed by atoms with Crippen LogP contribution in [-0.4, -0.2) is 29.7 Å². The van der Waals surface area contributed by atoms with Crippen molar-refractivity contribution in [1.82, 2.24) is 4.90 Å². The number of halogens is 3. The second-order valence-corrected chi connectivity index (χ2v) is 4.62. The highest BCUT2D eigenvalue weighted by Gasteiger charge is 2.16. The zero-order chi connectivity index (χ0) is 12.3. The normalized spacial score (nSPS) is 13.2. The molecule has 0 aliphatic heterocycles. The van der Waals surface area contributed by atoms with E-state index in [-0.39, 0.29) is 29.2 Å². The van der Waals surface area contributed by atoms with E-state index in [9.17, 15) is 8.78 Å². The SMILES string of the molecule is CC(CO)N(C)Cc1c(F)ccc(Br)c1F. The number of rotatable bonds is 4. The molecule has 0 radical (unpaired) electrons. The summed E-state index contributed by atoms with van der Waals surface area (Å²) in [5.41, 5.74) is 0.0113. The van der Waals surface area contributed by atoms with Gasteiger partial charge in [-0.3, -0.25) is 4.90 Å². The van der Waals surface area contributed by atoms with Gasteiger partial charge in [-0.25, -0.2) is 8.78 Å². The van der Waals surface area contributed by atoms with Crippen molar-refractivity contribution in [1.29, 1.82) is 0 Å². The largest absolute Gasteiger partial charge is 0.395 e. The maximum atomic E-state index is 13.6. The molecule has 1 rings (SSSR count). The second-order valence-electron chi connectivity index (χ2n) is 3.77. The van der Waals surface area contributed by atoms with Crippen LogP contribution in [0.25, 0.3) is 0 Å². The third kappa shape index (κ3) is 2.99. The van der Waals surface area contributed by atoms with E-state index < -0.39 is 11.6 Å². The minimum atomic E-state index is -0.586. The lowest BCUT2D eigenvalue weighted by molar-refractivity contribution is 0.151. The van der Waals surface area contributed by atoms with Crippen LogP contribution in [0.15, 0.2) is 16.6 Å². The lowest BCUT2D eigenvalue weighted by atomic mass is 10.1. The van der Waals surface area contributed by atoms with Gasteiger partial charge in [0.05, 0.1) is 11.1 Å². The molecule has 90 valence electrons. The fourth-order valence-corrected chi connectivity index (χ4v) is 1.63. The van der Waals surface area contributed by atoms with Crippen LogP contribution < -0.4 is 0 Å². The topological polar surface area (TPSA) is 23.5 Å². The Bertz CT molecular complexity index is 373. The number of likely N-dealkylation sites (N-methyl/N-ethyl adjacent to an activating group) is 1. The molecule has 0 saturated heterocycles. The molecule has 0 heterocycles. The van der Waals surface area contributed by atoms with Crippen molar-refractivity contribution < 1.29 is 13.9 Å². The molecule has 0 aromatic heterocycles. The van der Waals surface area contributed by atoms with Crippen LogP contribution in [0.2, 0.25) is 0 Å². The van der Waals surface area contributed by atoms with E-state index >= 15 is 0 Å². The van der Waals surface area contributed by atoms with Crippen LogP contribution in [0.3, 0.4) is 0 Å². The maximum absolute atomic E-state index is 13.6. The van der Waals surface area contributed by atoms with Crippen molar-refractivity contribution in [2.24, 2.45) is 0 Å². The van der Waals surface area contributed by atoms with Crippen molar-refractivity contribution in [3.8, 4) is 0 Å². The highest BCUT2D eigenvalue weighted by molar-refractivity contribution is 9.10. The summed E-state index contributed by atoms with van der Waals surface area (Å²) in [4.78, 5) is 1.69. The maximum Gasteiger partial charge on any atom is 0.144 e. The molecule has 0 spiro atoms. The Hall–Kier alpha value is -0.520. The van der Waals surface area contributed by atoms with E-state index in [1.54, 1.807) is 18.9 Å². The molecule has 0 fully saturated rings. The average molecular weight is 294 g/mol. The minimum absolute atomic E-state index is 0.0113. The Morgan fingerprint density at radius 3 is 2.62 bits per heavy atom. The summed E-state index contributed by atoms with van der Waals surface area (Å²) in [6.07, 6.45) is 0. The first kappa shape index (κ1) is 13.5. The van der Waals surface area contributed by atoms with Gasteiger partial charge in [0, 0.05) is 18.2 Å². The van der Waals surface area contributed by atoms with Crippen molar-refractivity contribution in [2.75, 3.05) is 13.7 Å². The monoisotopic (exact) mass is 293 g/mol. The van der Waals surface area contributed by atoms with Gasteiger partial charge in [-0.2, -0.15) is 0 Å². The number of nitrogens with zero attached hydrogens (tertiary/aromatic N) is 1. The van der Waals surface area contributed by atoms with Crippen molar-refractivity contribution in [2.45, 2.75) is 19.5 Å². The Morgan fingerprint density at radius 1 is 1.44 bits per heavy atom. The van der Waals surface area contributed by atoms with E-state index in [4.69, 9.17) is 5.11 Å². The van der Waals surface area contributed by atoms with Crippen molar-refractivity contribution in [3.63, 3.8) is 0 Å². The molecule has 16 heavy (non-hydrogen) atoms. The Morgan fingerprint density at radius 2 is 2.06 bits per heavy atom. The Balaban J connectivity index is 2.92. The number of aliphatic hydroxyl groups excluding tert-OH is 1. The van der Waals surface area contributed by atoms with Crippen molar-refractivity contribution in [3.05, 3.63) is 33.8 Å². The highest BCUT2D eigenvalue weighted by atomic mass is 79.9. The van der Waals surface area contributed by atoms with Gasteiger partial charge in [0.2, 0.25) is 0 Å². The third-order valence-corrected chi connectivity index (χ3v) is 3.18. The molecule has 0 aliphatic rings. The van der Waals surface area contributed by atoms with Crippen LogP contribution in [0.5, 0.6) is 0 Å². The van der Waals surface area contributed by atoms with Gasteiger partial charge in [-0.05, 0) is 42.0 Å². The van der Waals surface area contributed by atoms with E-state index in [0.29, 0.717) is 0 Å². The molecule has 1 N–H and O–H groups in total. The summed E-state index contributed by atoms with van der Waals surface area (Å²) >= 11 is 3.01. The molecule has 0 aliphatic carbocycles. The van der Waals surface area contributed by atoms with Gasteiger partial charge in [0.1, 0.15) is 11.6 Å². The summed E-state index contributed by atoms with van der Waals surface area (Å²) in [6, 6.07) is 2.42. The Kier molecular flexibility index (Phi) is 4.83. The summed E-state index contributed by atoms with van der Waals surface area (Å²) in [5, 5.41) is 8.94. The zero-order valence-corrected chi connectivity index (χ0v) is 10.8. The molecule has 1 atom stereocenters. The Labute approximate surface area is 102 Å². The van der Waals surface area contributed by atoms with Gasteiger partial charge in [0.25, 0.3) is 0 Å². The highest BCUT2D eigenvalue weighted by Crippen LogP contribution is 2.22.